The maximum Gasteiger partial charge on any atom is 0.330 e. The van der Waals surface area contributed by atoms with Crippen molar-refractivity contribution in [3.05, 3.63) is 87.8 Å². The molecule has 0 saturated carbocycles. The maximum absolute atomic E-state index is 12.9. The molecule has 39 heavy (non-hydrogen) atoms. The third-order valence-corrected chi connectivity index (χ3v) is 8.37. The van der Waals surface area contributed by atoms with Crippen molar-refractivity contribution in [2.75, 3.05) is 6.61 Å². The number of aliphatic hydroxyl groups excluding tert-OH is 1. The molecule has 0 spiro atoms. The lowest BCUT2D eigenvalue weighted by molar-refractivity contribution is -0.175. The monoisotopic (exact) mass is 521 g/mol. The normalized spacial score (nSPS) is 24.5. The van der Waals surface area contributed by atoms with E-state index in [0.717, 1.165) is 32.6 Å². The predicted octanol–water partition coefficient (Wildman–Crippen LogP) is 3.12. The second-order valence-corrected chi connectivity index (χ2v) is 10.3. The topological polar surface area (TPSA) is 124 Å². The van der Waals surface area contributed by atoms with Crippen LogP contribution in [-0.2, 0) is 9.47 Å². The van der Waals surface area contributed by atoms with Crippen LogP contribution in [0.4, 0.5) is 0 Å². The SMILES string of the molecule is CC[C@@]12COC([C@H](n3cc(-c4cn(-c5ccc6ccc7cccc8ccc5c6c78)nn4)c(=O)[nH]c3=O)O1)[C@H]2O. The van der Waals surface area contributed by atoms with E-state index < -0.39 is 35.3 Å². The van der Waals surface area contributed by atoms with Gasteiger partial charge in [-0.2, -0.15) is 0 Å². The Balaban J connectivity index is 1.24. The number of aromatic nitrogens is 5. The van der Waals surface area contributed by atoms with Gasteiger partial charge in [0.05, 0.1) is 24.1 Å². The number of hydrogen-bond acceptors (Lipinski definition) is 7. The Hall–Kier alpha value is -4.38. The van der Waals surface area contributed by atoms with Crippen molar-refractivity contribution < 1.29 is 14.6 Å². The number of H-pyrrole nitrogens is 1. The summed E-state index contributed by atoms with van der Waals surface area (Å²) in [7, 11) is 0. The number of aromatic amines is 1. The van der Waals surface area contributed by atoms with Crippen LogP contribution in [0.1, 0.15) is 19.6 Å². The summed E-state index contributed by atoms with van der Waals surface area (Å²) in [4.78, 5) is 28.0. The van der Waals surface area contributed by atoms with E-state index in [-0.39, 0.29) is 12.2 Å². The molecule has 1 unspecified atom stereocenters. The summed E-state index contributed by atoms with van der Waals surface area (Å²) in [6, 6.07) is 18.7. The Bertz CT molecular complexity index is 2030. The van der Waals surface area contributed by atoms with E-state index in [4.69, 9.17) is 9.47 Å². The molecule has 2 fully saturated rings. The molecule has 0 radical (unpaired) electrons. The lowest BCUT2D eigenvalue weighted by Crippen LogP contribution is -2.41. The van der Waals surface area contributed by atoms with Crippen LogP contribution >= 0.6 is 0 Å². The number of hydrogen-bond donors (Lipinski definition) is 2. The number of aliphatic hydroxyl groups is 1. The van der Waals surface area contributed by atoms with E-state index in [0.29, 0.717) is 12.1 Å². The van der Waals surface area contributed by atoms with Crippen LogP contribution in [0, 0.1) is 0 Å². The van der Waals surface area contributed by atoms with Crippen molar-refractivity contribution in [1.82, 2.24) is 24.5 Å². The summed E-state index contributed by atoms with van der Waals surface area (Å²) in [6.45, 7) is 2.15. The van der Waals surface area contributed by atoms with Crippen molar-refractivity contribution in [2.24, 2.45) is 0 Å². The molecular weight excluding hydrogens is 498 g/mol. The van der Waals surface area contributed by atoms with Gasteiger partial charge in [0.25, 0.3) is 5.56 Å². The van der Waals surface area contributed by atoms with Gasteiger partial charge >= 0.3 is 5.69 Å². The first-order chi connectivity index (χ1) is 19.0. The van der Waals surface area contributed by atoms with Gasteiger partial charge in [-0.3, -0.25) is 14.3 Å². The Labute approximate surface area is 220 Å². The van der Waals surface area contributed by atoms with E-state index in [1.807, 2.05) is 13.0 Å². The summed E-state index contributed by atoms with van der Waals surface area (Å²) in [5.74, 6) is 0. The Morgan fingerprint density at radius 2 is 1.77 bits per heavy atom. The number of nitrogens with one attached hydrogen (secondary N) is 1. The van der Waals surface area contributed by atoms with E-state index in [1.54, 1.807) is 10.9 Å². The molecule has 2 saturated heterocycles. The fourth-order valence-corrected chi connectivity index (χ4v) is 6.25. The van der Waals surface area contributed by atoms with Crippen LogP contribution in [0.2, 0.25) is 0 Å². The zero-order chi connectivity index (χ0) is 26.5. The Morgan fingerprint density at radius 3 is 2.54 bits per heavy atom. The zero-order valence-electron chi connectivity index (χ0n) is 20.9. The summed E-state index contributed by atoms with van der Waals surface area (Å²) in [5, 5.41) is 26.1. The van der Waals surface area contributed by atoms with Crippen molar-refractivity contribution in [3.63, 3.8) is 0 Å². The van der Waals surface area contributed by atoms with Crippen LogP contribution in [0.5, 0.6) is 0 Å². The van der Waals surface area contributed by atoms with E-state index in [2.05, 4.69) is 63.8 Å². The number of rotatable bonds is 4. The number of fused-ring (bicyclic) bond motifs is 2. The highest BCUT2D eigenvalue weighted by atomic mass is 16.6. The van der Waals surface area contributed by atoms with Gasteiger partial charge in [0.2, 0.25) is 0 Å². The summed E-state index contributed by atoms with van der Waals surface area (Å²) >= 11 is 0. The Morgan fingerprint density at radius 1 is 1.03 bits per heavy atom. The minimum Gasteiger partial charge on any atom is -0.387 e. The lowest BCUT2D eigenvalue weighted by Gasteiger charge is -2.30. The van der Waals surface area contributed by atoms with Crippen molar-refractivity contribution in [1.29, 1.82) is 0 Å². The molecule has 2 N–H and O–H groups in total. The smallest absolute Gasteiger partial charge is 0.330 e. The average Bonchev–Trinajstić information content (AvgIpc) is 3.64. The molecular formula is C29H23N5O5. The van der Waals surface area contributed by atoms with Crippen molar-refractivity contribution in [2.45, 2.75) is 37.4 Å². The van der Waals surface area contributed by atoms with E-state index in [1.165, 1.54) is 16.2 Å². The molecule has 4 heterocycles. The third kappa shape index (κ3) is 3.01. The standard InChI is InChI=1S/C29H23N5O5/c1-2-29-14-38-24(25(29)35)27(39-29)33-12-19(26(36)30-28(33)37)20-13-34(32-31-20)21-11-9-17-7-6-15-4-3-5-16-8-10-18(21)23(17)22(15)16/h3-13,24-25,27,35H,2,14H2,1H3,(H,30,36,37)/t24?,25-,27-,29+/m1/s1. The second-order valence-electron chi connectivity index (χ2n) is 10.3. The fourth-order valence-electron chi connectivity index (χ4n) is 6.25. The molecule has 10 heteroatoms. The highest BCUT2D eigenvalue weighted by Crippen LogP contribution is 2.46. The molecule has 4 atom stereocenters. The Kier molecular flexibility index (Phi) is 4.53. The van der Waals surface area contributed by atoms with Crippen molar-refractivity contribution in [3.8, 4) is 16.9 Å². The van der Waals surface area contributed by atoms with Crippen molar-refractivity contribution >= 4 is 32.3 Å². The molecule has 2 aliphatic rings. The van der Waals surface area contributed by atoms with Gasteiger partial charge in [0, 0.05) is 11.6 Å². The number of ether oxygens (including phenoxy) is 2. The van der Waals surface area contributed by atoms with Gasteiger partial charge in [-0.1, -0.05) is 60.7 Å². The van der Waals surface area contributed by atoms with Crippen LogP contribution in [-0.4, -0.2) is 54.1 Å². The largest absolute Gasteiger partial charge is 0.387 e. The first-order valence-corrected chi connectivity index (χ1v) is 12.9. The van der Waals surface area contributed by atoms with Crippen LogP contribution in [0.15, 0.2) is 76.6 Å². The first-order valence-electron chi connectivity index (χ1n) is 12.9. The minimum atomic E-state index is -0.872. The third-order valence-electron chi connectivity index (χ3n) is 8.37. The molecule has 2 aliphatic heterocycles. The maximum atomic E-state index is 12.9. The molecule has 4 aromatic carbocycles. The van der Waals surface area contributed by atoms with E-state index >= 15 is 0 Å². The molecule has 6 aromatic rings. The minimum absolute atomic E-state index is 0.157. The molecule has 10 nitrogen and oxygen atoms in total. The molecule has 2 aromatic heterocycles. The highest BCUT2D eigenvalue weighted by Gasteiger charge is 2.60. The summed E-state index contributed by atoms with van der Waals surface area (Å²) in [6.07, 6.45) is 1.15. The fraction of sp³-hybridized carbons (Fsp3) is 0.241. The molecule has 2 bridgehead atoms. The average molecular weight is 522 g/mol. The van der Waals surface area contributed by atoms with Gasteiger partial charge < -0.3 is 14.6 Å². The van der Waals surface area contributed by atoms with Crippen LogP contribution in [0.3, 0.4) is 0 Å². The molecule has 0 amide bonds. The quantitative estimate of drug-likeness (QED) is 0.342. The number of benzene rings is 4. The highest BCUT2D eigenvalue weighted by molar-refractivity contribution is 6.24. The van der Waals surface area contributed by atoms with E-state index in [9.17, 15) is 14.7 Å². The second kappa shape index (κ2) is 7.82. The van der Waals surface area contributed by atoms with Gasteiger partial charge in [0.15, 0.2) is 6.23 Å². The molecule has 8 rings (SSSR count). The molecule has 0 aliphatic carbocycles. The predicted molar refractivity (Wildman–Crippen MR) is 144 cm³/mol. The zero-order valence-corrected chi connectivity index (χ0v) is 20.9. The summed E-state index contributed by atoms with van der Waals surface area (Å²) < 4.78 is 14.8. The van der Waals surface area contributed by atoms with Gasteiger partial charge in [0.1, 0.15) is 23.5 Å². The number of nitrogens with zero attached hydrogens (tertiary/aromatic N) is 4. The van der Waals surface area contributed by atoms with Gasteiger partial charge in [-0.25, -0.2) is 9.48 Å². The van der Waals surface area contributed by atoms with Crippen LogP contribution in [0.25, 0.3) is 49.3 Å². The molecule has 194 valence electrons. The van der Waals surface area contributed by atoms with Gasteiger partial charge in [-0.05, 0) is 39.4 Å². The van der Waals surface area contributed by atoms with Gasteiger partial charge in [-0.15, -0.1) is 5.10 Å². The first kappa shape index (κ1) is 22.6. The lowest BCUT2D eigenvalue weighted by atomic mass is 9.93. The van der Waals surface area contributed by atoms with Crippen LogP contribution < -0.4 is 11.2 Å². The summed E-state index contributed by atoms with van der Waals surface area (Å²) in [5.41, 5.74) is -0.836.